The molecule has 112 valence electrons. The number of rotatable bonds is 7. The lowest BCUT2D eigenvalue weighted by molar-refractivity contribution is -0.173. The number of carbonyl (C=O) groups is 1. The van der Waals surface area contributed by atoms with Gasteiger partial charge in [-0.15, -0.1) is 0 Å². The fourth-order valence-corrected chi connectivity index (χ4v) is 1.48. The van der Waals surface area contributed by atoms with E-state index < -0.39 is 12.8 Å². The molecule has 0 aliphatic rings. The molecule has 0 aromatic heterocycles. The average molecular weight is 291 g/mol. The predicted octanol–water partition coefficient (Wildman–Crippen LogP) is 1.93. The van der Waals surface area contributed by atoms with Crippen molar-refractivity contribution in [3.8, 4) is 5.75 Å². The van der Waals surface area contributed by atoms with Gasteiger partial charge in [-0.3, -0.25) is 4.79 Å². The topological polar surface area (TPSA) is 47.6 Å². The van der Waals surface area contributed by atoms with Crippen LogP contribution in [-0.2, 0) is 16.0 Å². The first-order valence-electron chi connectivity index (χ1n) is 5.95. The summed E-state index contributed by atoms with van der Waals surface area (Å²) in [5, 5.41) is 2.48. The SMILES string of the molecule is COc1cccc(CC(=O)NCCOCC(F)(F)F)c1. The van der Waals surface area contributed by atoms with E-state index in [1.165, 1.54) is 7.11 Å². The van der Waals surface area contributed by atoms with Crippen LogP contribution in [0.2, 0.25) is 0 Å². The summed E-state index contributed by atoms with van der Waals surface area (Å²) in [7, 11) is 1.52. The lowest BCUT2D eigenvalue weighted by Gasteiger charge is -2.09. The quantitative estimate of drug-likeness (QED) is 0.781. The van der Waals surface area contributed by atoms with Gasteiger partial charge in [-0.05, 0) is 17.7 Å². The second kappa shape index (κ2) is 7.74. The number of alkyl halides is 3. The zero-order chi connectivity index (χ0) is 15.0. The van der Waals surface area contributed by atoms with Crippen LogP contribution in [-0.4, -0.2) is 39.0 Å². The van der Waals surface area contributed by atoms with Crippen LogP contribution in [0.1, 0.15) is 5.56 Å². The summed E-state index contributed by atoms with van der Waals surface area (Å²) in [5.41, 5.74) is 0.762. The highest BCUT2D eigenvalue weighted by Crippen LogP contribution is 2.14. The van der Waals surface area contributed by atoms with Crippen molar-refractivity contribution in [2.24, 2.45) is 0 Å². The van der Waals surface area contributed by atoms with Crippen LogP contribution in [0.4, 0.5) is 13.2 Å². The molecule has 1 aromatic carbocycles. The second-order valence-corrected chi connectivity index (χ2v) is 4.05. The summed E-state index contributed by atoms with van der Waals surface area (Å²) in [6, 6.07) is 7.00. The number of hydrogen-bond donors (Lipinski definition) is 1. The van der Waals surface area contributed by atoms with Gasteiger partial charge in [-0.2, -0.15) is 13.2 Å². The Morgan fingerprint density at radius 2 is 2.10 bits per heavy atom. The van der Waals surface area contributed by atoms with Crippen molar-refractivity contribution in [3.63, 3.8) is 0 Å². The molecule has 0 unspecified atom stereocenters. The van der Waals surface area contributed by atoms with Crippen LogP contribution in [0.3, 0.4) is 0 Å². The molecule has 0 heterocycles. The van der Waals surface area contributed by atoms with Gasteiger partial charge < -0.3 is 14.8 Å². The molecule has 0 radical (unpaired) electrons. The van der Waals surface area contributed by atoms with Crippen LogP contribution in [0.15, 0.2) is 24.3 Å². The van der Waals surface area contributed by atoms with Gasteiger partial charge >= 0.3 is 6.18 Å². The summed E-state index contributed by atoms with van der Waals surface area (Å²) < 4.78 is 44.7. The van der Waals surface area contributed by atoms with Crippen LogP contribution in [0, 0.1) is 0 Å². The van der Waals surface area contributed by atoms with Gasteiger partial charge in [0.05, 0.1) is 20.1 Å². The molecule has 0 saturated heterocycles. The molecule has 0 saturated carbocycles. The van der Waals surface area contributed by atoms with E-state index in [-0.39, 0.29) is 25.5 Å². The van der Waals surface area contributed by atoms with Gasteiger partial charge in [0.2, 0.25) is 5.91 Å². The molecule has 1 aromatic rings. The average Bonchev–Trinajstić information content (AvgIpc) is 2.37. The maximum atomic E-state index is 11.8. The Morgan fingerprint density at radius 3 is 2.75 bits per heavy atom. The van der Waals surface area contributed by atoms with Crippen molar-refractivity contribution in [2.45, 2.75) is 12.6 Å². The molecule has 7 heteroatoms. The van der Waals surface area contributed by atoms with Crippen molar-refractivity contribution >= 4 is 5.91 Å². The summed E-state index contributed by atoms with van der Waals surface area (Å²) >= 11 is 0. The number of ether oxygens (including phenoxy) is 2. The first-order valence-corrected chi connectivity index (χ1v) is 5.95. The minimum atomic E-state index is -4.34. The predicted molar refractivity (Wildman–Crippen MR) is 66.6 cm³/mol. The fraction of sp³-hybridized carbons (Fsp3) is 0.462. The Hall–Kier alpha value is -1.76. The number of nitrogens with one attached hydrogen (secondary N) is 1. The zero-order valence-corrected chi connectivity index (χ0v) is 11.0. The lowest BCUT2D eigenvalue weighted by Crippen LogP contribution is -2.30. The molecule has 0 aliphatic heterocycles. The molecule has 0 aliphatic carbocycles. The van der Waals surface area contributed by atoms with Crippen molar-refractivity contribution in [1.29, 1.82) is 0 Å². The Balaban J connectivity index is 2.23. The number of hydrogen-bond acceptors (Lipinski definition) is 3. The van der Waals surface area contributed by atoms with Crippen LogP contribution >= 0.6 is 0 Å². The number of amides is 1. The molecule has 1 amide bonds. The molecule has 1 N–H and O–H groups in total. The van der Waals surface area contributed by atoms with E-state index in [2.05, 4.69) is 10.1 Å². The number of benzene rings is 1. The van der Waals surface area contributed by atoms with Gasteiger partial charge in [0.15, 0.2) is 0 Å². The number of carbonyl (C=O) groups excluding carboxylic acids is 1. The summed E-state index contributed by atoms with van der Waals surface area (Å²) in [6.45, 7) is -1.44. The highest BCUT2D eigenvalue weighted by Gasteiger charge is 2.27. The third kappa shape index (κ3) is 6.98. The van der Waals surface area contributed by atoms with Gasteiger partial charge in [-0.25, -0.2) is 0 Å². The summed E-state index contributed by atoms with van der Waals surface area (Å²) in [6.07, 6.45) is -4.21. The largest absolute Gasteiger partial charge is 0.497 e. The molecular formula is C13H16F3NO3. The molecule has 0 spiro atoms. The lowest BCUT2D eigenvalue weighted by atomic mass is 10.1. The van der Waals surface area contributed by atoms with Gasteiger partial charge in [0.25, 0.3) is 0 Å². The van der Waals surface area contributed by atoms with Crippen molar-refractivity contribution in [1.82, 2.24) is 5.32 Å². The highest BCUT2D eigenvalue weighted by atomic mass is 19.4. The Bertz CT molecular complexity index is 435. The summed E-state index contributed by atoms with van der Waals surface area (Å²) in [4.78, 5) is 11.5. The minimum Gasteiger partial charge on any atom is -0.497 e. The molecule has 0 fully saturated rings. The molecule has 1 rings (SSSR count). The first-order chi connectivity index (χ1) is 9.40. The van der Waals surface area contributed by atoms with E-state index in [9.17, 15) is 18.0 Å². The van der Waals surface area contributed by atoms with Gasteiger partial charge in [0.1, 0.15) is 12.4 Å². The fourth-order valence-electron chi connectivity index (χ4n) is 1.48. The number of halogens is 3. The minimum absolute atomic E-state index is 0.0406. The standard InChI is InChI=1S/C13H16F3NO3/c1-19-11-4-2-3-10(7-11)8-12(18)17-5-6-20-9-13(14,15)16/h2-4,7H,5-6,8-9H2,1H3,(H,17,18). The van der Waals surface area contributed by atoms with Gasteiger partial charge in [-0.1, -0.05) is 12.1 Å². The molecule has 0 bridgehead atoms. The van der Waals surface area contributed by atoms with Crippen LogP contribution < -0.4 is 10.1 Å². The third-order valence-corrected chi connectivity index (χ3v) is 2.33. The van der Waals surface area contributed by atoms with Crippen molar-refractivity contribution in [2.75, 3.05) is 26.9 Å². The Kier molecular flexibility index (Phi) is 6.30. The third-order valence-electron chi connectivity index (χ3n) is 2.33. The zero-order valence-electron chi connectivity index (χ0n) is 11.0. The number of methoxy groups -OCH3 is 1. The van der Waals surface area contributed by atoms with E-state index in [1.807, 2.05) is 0 Å². The molecule has 20 heavy (non-hydrogen) atoms. The van der Waals surface area contributed by atoms with Crippen LogP contribution in [0.5, 0.6) is 5.75 Å². The monoisotopic (exact) mass is 291 g/mol. The van der Waals surface area contributed by atoms with Crippen molar-refractivity contribution in [3.05, 3.63) is 29.8 Å². The van der Waals surface area contributed by atoms with Crippen LogP contribution in [0.25, 0.3) is 0 Å². The summed E-state index contributed by atoms with van der Waals surface area (Å²) in [5.74, 6) is 0.359. The van der Waals surface area contributed by atoms with Crippen molar-refractivity contribution < 1.29 is 27.4 Å². The normalized spacial score (nSPS) is 11.2. The maximum Gasteiger partial charge on any atom is 0.411 e. The van der Waals surface area contributed by atoms with E-state index in [0.717, 1.165) is 5.56 Å². The van der Waals surface area contributed by atoms with E-state index in [0.29, 0.717) is 5.75 Å². The maximum absolute atomic E-state index is 11.8. The molecule has 0 atom stereocenters. The van der Waals surface area contributed by atoms with E-state index in [1.54, 1.807) is 24.3 Å². The van der Waals surface area contributed by atoms with Gasteiger partial charge in [0, 0.05) is 6.54 Å². The van der Waals surface area contributed by atoms with E-state index in [4.69, 9.17) is 4.74 Å². The highest BCUT2D eigenvalue weighted by molar-refractivity contribution is 5.78. The molecule has 4 nitrogen and oxygen atoms in total. The first kappa shape index (κ1) is 16.3. The Labute approximate surface area is 114 Å². The molecular weight excluding hydrogens is 275 g/mol. The Morgan fingerprint density at radius 1 is 1.35 bits per heavy atom. The smallest absolute Gasteiger partial charge is 0.411 e. The second-order valence-electron chi connectivity index (χ2n) is 4.05. The van der Waals surface area contributed by atoms with E-state index >= 15 is 0 Å².